The molecule has 150 valence electrons. The van der Waals surface area contributed by atoms with Gasteiger partial charge in [-0.2, -0.15) is 0 Å². The third kappa shape index (κ3) is 6.19. The van der Waals surface area contributed by atoms with Crippen molar-refractivity contribution in [1.29, 1.82) is 0 Å². The fraction of sp³-hybridized carbons (Fsp3) is 0.286. The summed E-state index contributed by atoms with van der Waals surface area (Å²) >= 11 is 0. The summed E-state index contributed by atoms with van der Waals surface area (Å²) in [7, 11) is 0. The Bertz CT molecular complexity index is 831. The molecule has 28 heavy (non-hydrogen) atoms. The number of hydrogen-bond acceptors (Lipinski definition) is 2. The summed E-state index contributed by atoms with van der Waals surface area (Å²) < 4.78 is 27.1. The van der Waals surface area contributed by atoms with Crippen molar-refractivity contribution in [2.45, 2.75) is 20.0 Å². The van der Waals surface area contributed by atoms with Gasteiger partial charge in [0.1, 0.15) is 11.6 Å². The number of aliphatic imine (C=N–C) groups is 1. The Morgan fingerprint density at radius 3 is 2.61 bits per heavy atom. The fourth-order valence-electron chi connectivity index (χ4n) is 2.91. The number of hydrogen-bond donors (Lipinski definition) is 2. The summed E-state index contributed by atoms with van der Waals surface area (Å²) in [5.41, 5.74) is 2.53. The van der Waals surface area contributed by atoms with Gasteiger partial charge in [-0.25, -0.2) is 13.8 Å². The van der Waals surface area contributed by atoms with Crippen LogP contribution in [0.15, 0.2) is 59.6 Å². The maximum absolute atomic E-state index is 13.8. The summed E-state index contributed by atoms with van der Waals surface area (Å²) in [5, 5.41) is 6.19. The lowest BCUT2D eigenvalue weighted by molar-refractivity contribution is 0.581. The van der Waals surface area contributed by atoms with Crippen LogP contribution in [0.1, 0.15) is 18.1 Å². The van der Waals surface area contributed by atoms with E-state index in [9.17, 15) is 8.78 Å². The van der Waals surface area contributed by atoms with Crippen LogP contribution in [0.2, 0.25) is 0 Å². The highest BCUT2D eigenvalue weighted by Gasteiger charge is 2.08. The molecular weight excluding hydrogens is 473 g/mol. The molecule has 1 aliphatic rings. The van der Waals surface area contributed by atoms with Gasteiger partial charge in [-0.3, -0.25) is 0 Å². The van der Waals surface area contributed by atoms with Gasteiger partial charge in [-0.1, -0.05) is 24.3 Å². The van der Waals surface area contributed by atoms with E-state index in [2.05, 4.69) is 44.8 Å². The summed E-state index contributed by atoms with van der Waals surface area (Å²) in [4.78, 5) is 6.84. The summed E-state index contributed by atoms with van der Waals surface area (Å²) in [5.74, 6) is -0.329. The summed E-state index contributed by atoms with van der Waals surface area (Å²) in [6.07, 6.45) is 4.31. The van der Waals surface area contributed by atoms with E-state index >= 15 is 0 Å². The second-order valence-corrected chi connectivity index (χ2v) is 6.33. The van der Waals surface area contributed by atoms with E-state index in [0.717, 1.165) is 30.8 Å². The van der Waals surface area contributed by atoms with Crippen molar-refractivity contribution in [3.8, 4) is 0 Å². The molecule has 2 aromatic rings. The number of anilines is 1. The maximum Gasteiger partial charge on any atom is 0.191 e. The minimum Gasteiger partial charge on any atom is -0.364 e. The fourth-order valence-corrected chi connectivity index (χ4v) is 2.91. The lowest BCUT2D eigenvalue weighted by Crippen LogP contribution is -2.37. The van der Waals surface area contributed by atoms with Crippen LogP contribution >= 0.6 is 24.0 Å². The number of rotatable bonds is 6. The number of benzene rings is 2. The van der Waals surface area contributed by atoms with Gasteiger partial charge in [-0.05, 0) is 42.8 Å². The predicted octanol–water partition coefficient (Wildman–Crippen LogP) is 4.21. The molecule has 0 bridgehead atoms. The van der Waals surface area contributed by atoms with Gasteiger partial charge < -0.3 is 15.5 Å². The molecule has 2 aromatic carbocycles. The van der Waals surface area contributed by atoms with Gasteiger partial charge in [0.15, 0.2) is 5.96 Å². The quantitative estimate of drug-likeness (QED) is 0.271. The molecule has 0 radical (unpaired) electrons. The highest BCUT2D eigenvalue weighted by Crippen LogP contribution is 2.19. The van der Waals surface area contributed by atoms with E-state index in [1.165, 1.54) is 11.8 Å². The molecule has 3 rings (SSSR count). The Morgan fingerprint density at radius 1 is 1.07 bits per heavy atom. The molecule has 0 atom stereocenters. The van der Waals surface area contributed by atoms with E-state index in [-0.39, 0.29) is 36.1 Å². The summed E-state index contributed by atoms with van der Waals surface area (Å²) in [6, 6.07) is 11.7. The lowest BCUT2D eigenvalue weighted by atomic mass is 10.2. The highest BCUT2D eigenvalue weighted by molar-refractivity contribution is 14.0. The second-order valence-electron chi connectivity index (χ2n) is 6.33. The SMILES string of the molecule is CCNC(=NCc1cccc(N2CC=CC2)c1)NCc1cc(F)ccc1F.I. The van der Waals surface area contributed by atoms with Crippen LogP contribution in [-0.2, 0) is 13.1 Å². The van der Waals surface area contributed by atoms with Crippen molar-refractivity contribution in [2.75, 3.05) is 24.5 Å². The van der Waals surface area contributed by atoms with E-state index in [4.69, 9.17) is 0 Å². The van der Waals surface area contributed by atoms with Crippen LogP contribution in [0.5, 0.6) is 0 Å². The van der Waals surface area contributed by atoms with Crippen LogP contribution in [-0.4, -0.2) is 25.6 Å². The molecule has 2 N–H and O–H groups in total. The van der Waals surface area contributed by atoms with E-state index in [0.29, 0.717) is 19.0 Å². The molecule has 7 heteroatoms. The topological polar surface area (TPSA) is 39.7 Å². The third-order valence-electron chi connectivity index (χ3n) is 4.31. The van der Waals surface area contributed by atoms with Crippen molar-refractivity contribution in [3.63, 3.8) is 0 Å². The van der Waals surface area contributed by atoms with E-state index < -0.39 is 11.6 Å². The molecule has 1 aliphatic heterocycles. The van der Waals surface area contributed by atoms with Crippen LogP contribution in [0, 0.1) is 11.6 Å². The van der Waals surface area contributed by atoms with Crippen molar-refractivity contribution < 1.29 is 8.78 Å². The van der Waals surface area contributed by atoms with Gasteiger partial charge in [0, 0.05) is 37.4 Å². The Hall–Kier alpha value is -2.16. The van der Waals surface area contributed by atoms with Gasteiger partial charge >= 0.3 is 0 Å². The molecule has 0 saturated heterocycles. The number of guanidine groups is 1. The number of nitrogens with zero attached hydrogens (tertiary/aromatic N) is 2. The van der Waals surface area contributed by atoms with Crippen LogP contribution in [0.4, 0.5) is 14.5 Å². The van der Waals surface area contributed by atoms with E-state index in [1.54, 1.807) is 0 Å². The average Bonchev–Trinajstić information content (AvgIpc) is 3.21. The maximum atomic E-state index is 13.8. The molecule has 0 spiro atoms. The second kappa shape index (κ2) is 11.0. The van der Waals surface area contributed by atoms with Crippen molar-refractivity contribution >= 4 is 35.6 Å². The van der Waals surface area contributed by atoms with E-state index in [1.807, 2.05) is 19.1 Å². The molecular formula is C21H25F2IN4. The van der Waals surface area contributed by atoms with Crippen molar-refractivity contribution in [1.82, 2.24) is 10.6 Å². The third-order valence-corrected chi connectivity index (χ3v) is 4.31. The smallest absolute Gasteiger partial charge is 0.191 e. The number of nitrogens with one attached hydrogen (secondary N) is 2. The monoisotopic (exact) mass is 498 g/mol. The molecule has 0 amide bonds. The van der Waals surface area contributed by atoms with Crippen LogP contribution in [0.3, 0.4) is 0 Å². The molecule has 0 unspecified atom stereocenters. The lowest BCUT2D eigenvalue weighted by Gasteiger charge is -2.18. The average molecular weight is 498 g/mol. The molecule has 1 heterocycles. The van der Waals surface area contributed by atoms with Gasteiger partial charge in [0.2, 0.25) is 0 Å². The largest absolute Gasteiger partial charge is 0.364 e. The van der Waals surface area contributed by atoms with Gasteiger partial charge in [0.05, 0.1) is 6.54 Å². The van der Waals surface area contributed by atoms with Crippen LogP contribution in [0.25, 0.3) is 0 Å². The Morgan fingerprint density at radius 2 is 1.86 bits per heavy atom. The van der Waals surface area contributed by atoms with Crippen molar-refractivity contribution in [2.24, 2.45) is 4.99 Å². The predicted molar refractivity (Wildman–Crippen MR) is 121 cm³/mol. The molecule has 0 saturated carbocycles. The minimum absolute atomic E-state index is 0. The zero-order valence-electron chi connectivity index (χ0n) is 15.8. The molecule has 0 aromatic heterocycles. The van der Waals surface area contributed by atoms with Crippen molar-refractivity contribution in [3.05, 3.63) is 77.4 Å². The standard InChI is InChI=1S/C21H24F2N4.HI/c1-2-24-21(26-15-17-13-18(22)8-9-20(17)23)25-14-16-6-5-7-19(12-16)27-10-3-4-11-27;/h3-9,12-13H,2,10-11,14-15H2,1H3,(H2,24,25,26);1H. The first-order valence-electron chi connectivity index (χ1n) is 9.10. The number of halogens is 3. The first-order valence-corrected chi connectivity index (χ1v) is 9.10. The molecule has 0 aliphatic carbocycles. The Kier molecular flexibility index (Phi) is 8.69. The first kappa shape index (κ1) is 22.1. The van der Waals surface area contributed by atoms with Gasteiger partial charge in [0.25, 0.3) is 0 Å². The Labute approximate surface area is 181 Å². The first-order chi connectivity index (χ1) is 13.2. The van der Waals surface area contributed by atoms with Crippen LogP contribution < -0.4 is 15.5 Å². The zero-order valence-corrected chi connectivity index (χ0v) is 18.1. The zero-order chi connectivity index (χ0) is 19.1. The minimum atomic E-state index is -0.455. The molecule has 0 fully saturated rings. The van der Waals surface area contributed by atoms with Gasteiger partial charge in [-0.15, -0.1) is 24.0 Å². The summed E-state index contributed by atoms with van der Waals surface area (Å²) in [6.45, 7) is 5.15. The normalized spacial score (nSPS) is 13.4. The highest BCUT2D eigenvalue weighted by atomic mass is 127. The Balaban J connectivity index is 0.00000280. The molecule has 4 nitrogen and oxygen atoms in total.